The van der Waals surface area contributed by atoms with E-state index in [2.05, 4.69) is 10.6 Å². The van der Waals surface area contributed by atoms with E-state index in [4.69, 9.17) is 5.11 Å². The molecule has 0 atom stereocenters. The highest BCUT2D eigenvalue weighted by atomic mass is 32.2. The number of carbonyl (C=O) groups excluding carboxylic acids is 1. The number of alkyl halides is 3. The van der Waals surface area contributed by atoms with Crippen molar-refractivity contribution in [3.8, 4) is 0 Å². The molecule has 0 unspecified atom stereocenters. The third-order valence-electron chi connectivity index (χ3n) is 2.46. The van der Waals surface area contributed by atoms with Crippen LogP contribution in [-0.4, -0.2) is 35.8 Å². The summed E-state index contributed by atoms with van der Waals surface area (Å²) < 4.78 is 38.2. The van der Waals surface area contributed by atoms with Crippen molar-refractivity contribution in [2.45, 2.75) is 12.6 Å². The molecular formula is C13H17F3N2O2S. The van der Waals surface area contributed by atoms with Gasteiger partial charge in [-0.3, -0.25) is 0 Å². The van der Waals surface area contributed by atoms with Gasteiger partial charge in [-0.15, -0.1) is 0 Å². The Labute approximate surface area is 125 Å². The molecule has 1 rings (SSSR count). The Morgan fingerprint density at radius 1 is 1.24 bits per heavy atom. The Hall–Kier alpha value is -1.41. The van der Waals surface area contributed by atoms with Crippen LogP contribution in [0.15, 0.2) is 24.3 Å². The van der Waals surface area contributed by atoms with Gasteiger partial charge in [0.15, 0.2) is 0 Å². The molecule has 0 radical (unpaired) electrons. The zero-order valence-electron chi connectivity index (χ0n) is 11.2. The number of aliphatic hydroxyl groups is 1. The molecule has 0 aliphatic carbocycles. The van der Waals surface area contributed by atoms with Crippen molar-refractivity contribution in [3.05, 3.63) is 29.8 Å². The molecule has 0 saturated heterocycles. The highest BCUT2D eigenvalue weighted by molar-refractivity contribution is 7.99. The van der Waals surface area contributed by atoms with Crippen LogP contribution in [0.4, 0.5) is 23.7 Å². The molecule has 0 aliphatic heterocycles. The number of urea groups is 1. The van der Waals surface area contributed by atoms with E-state index in [1.165, 1.54) is 18.2 Å². The number of hydrogen-bond donors (Lipinski definition) is 3. The Balaban J connectivity index is 2.42. The van der Waals surface area contributed by atoms with Crippen LogP contribution in [0.5, 0.6) is 0 Å². The standard InChI is InChI=1S/C13H17F3N2O2S/c14-13(15,16)10-4-1-2-5-11(10)18-12(20)17-6-9-21-8-3-7-19/h1-2,4-5,19H,3,6-9H2,(H2,17,18,20). The van der Waals surface area contributed by atoms with Gasteiger partial charge in [-0.25, -0.2) is 4.79 Å². The van der Waals surface area contributed by atoms with E-state index >= 15 is 0 Å². The molecule has 1 aromatic rings. The second-order valence-electron chi connectivity index (χ2n) is 4.11. The van der Waals surface area contributed by atoms with Crippen LogP contribution in [0.25, 0.3) is 0 Å². The Kier molecular flexibility index (Phi) is 7.38. The van der Waals surface area contributed by atoms with E-state index in [0.29, 0.717) is 18.7 Å². The smallest absolute Gasteiger partial charge is 0.396 e. The maximum atomic E-state index is 12.7. The number of thioether (sulfide) groups is 1. The molecule has 0 fully saturated rings. The van der Waals surface area contributed by atoms with Gasteiger partial charge < -0.3 is 15.7 Å². The van der Waals surface area contributed by atoms with E-state index in [-0.39, 0.29) is 12.3 Å². The summed E-state index contributed by atoms with van der Waals surface area (Å²) >= 11 is 1.55. The summed E-state index contributed by atoms with van der Waals surface area (Å²) in [5.74, 6) is 1.41. The van der Waals surface area contributed by atoms with Crippen molar-refractivity contribution in [2.24, 2.45) is 0 Å². The summed E-state index contributed by atoms with van der Waals surface area (Å²) in [5, 5.41) is 13.3. The second kappa shape index (κ2) is 8.78. The number of rotatable bonds is 7. The molecule has 0 aromatic heterocycles. The average Bonchev–Trinajstić information content (AvgIpc) is 2.42. The number of para-hydroxylation sites is 1. The zero-order valence-corrected chi connectivity index (χ0v) is 12.1. The second-order valence-corrected chi connectivity index (χ2v) is 5.34. The molecule has 4 nitrogen and oxygen atoms in total. The number of hydrogen-bond acceptors (Lipinski definition) is 3. The first-order valence-corrected chi connectivity index (χ1v) is 7.50. The minimum absolute atomic E-state index is 0.120. The molecule has 8 heteroatoms. The first-order chi connectivity index (χ1) is 9.95. The first-order valence-electron chi connectivity index (χ1n) is 6.35. The number of halogens is 3. The van der Waals surface area contributed by atoms with Crippen LogP contribution >= 0.6 is 11.8 Å². The lowest BCUT2D eigenvalue weighted by Crippen LogP contribution is -2.31. The van der Waals surface area contributed by atoms with Crippen molar-refractivity contribution in [1.29, 1.82) is 0 Å². The number of aliphatic hydroxyl groups excluding tert-OH is 1. The fraction of sp³-hybridized carbons (Fsp3) is 0.462. The normalized spacial score (nSPS) is 11.2. The Morgan fingerprint density at radius 2 is 1.95 bits per heavy atom. The third kappa shape index (κ3) is 6.72. The summed E-state index contributed by atoms with van der Waals surface area (Å²) in [6.07, 6.45) is -3.83. The minimum atomic E-state index is -4.51. The SMILES string of the molecule is O=C(NCCSCCCO)Nc1ccccc1C(F)(F)F. The lowest BCUT2D eigenvalue weighted by atomic mass is 10.1. The fourth-order valence-corrected chi connectivity index (χ4v) is 2.29. The number of anilines is 1. The minimum Gasteiger partial charge on any atom is -0.396 e. The summed E-state index contributed by atoms with van der Waals surface area (Å²) in [5.41, 5.74) is -1.15. The van der Waals surface area contributed by atoms with Crippen molar-refractivity contribution in [3.63, 3.8) is 0 Å². The summed E-state index contributed by atoms with van der Waals surface area (Å²) in [7, 11) is 0. The van der Waals surface area contributed by atoms with Crippen molar-refractivity contribution in [2.75, 3.05) is 30.0 Å². The zero-order chi connectivity index (χ0) is 15.7. The average molecular weight is 322 g/mol. The van der Waals surface area contributed by atoms with E-state index in [9.17, 15) is 18.0 Å². The van der Waals surface area contributed by atoms with E-state index < -0.39 is 17.8 Å². The first kappa shape index (κ1) is 17.6. The molecule has 0 saturated carbocycles. The van der Waals surface area contributed by atoms with Crippen LogP contribution in [0.3, 0.4) is 0 Å². The maximum absolute atomic E-state index is 12.7. The van der Waals surface area contributed by atoms with Crippen LogP contribution in [0, 0.1) is 0 Å². The van der Waals surface area contributed by atoms with Gasteiger partial charge in [0.1, 0.15) is 0 Å². The van der Waals surface area contributed by atoms with Crippen molar-refractivity contribution < 1.29 is 23.1 Å². The molecule has 118 valence electrons. The number of benzene rings is 1. The Bertz CT molecular complexity index is 455. The quantitative estimate of drug-likeness (QED) is 0.677. The van der Waals surface area contributed by atoms with Gasteiger partial charge in [0, 0.05) is 18.9 Å². The van der Waals surface area contributed by atoms with E-state index in [1.807, 2.05) is 0 Å². The van der Waals surface area contributed by atoms with Crippen LogP contribution in [0.2, 0.25) is 0 Å². The summed E-state index contributed by atoms with van der Waals surface area (Å²) in [4.78, 5) is 11.5. The van der Waals surface area contributed by atoms with Crippen LogP contribution < -0.4 is 10.6 Å². The van der Waals surface area contributed by atoms with Crippen LogP contribution in [0.1, 0.15) is 12.0 Å². The summed E-state index contributed by atoms with van der Waals surface area (Å²) in [6, 6.07) is 4.15. The molecule has 21 heavy (non-hydrogen) atoms. The molecule has 3 N–H and O–H groups in total. The molecule has 0 heterocycles. The lowest BCUT2D eigenvalue weighted by Gasteiger charge is -2.13. The molecule has 0 aliphatic rings. The molecule has 0 bridgehead atoms. The van der Waals surface area contributed by atoms with Crippen molar-refractivity contribution >= 4 is 23.5 Å². The van der Waals surface area contributed by atoms with Gasteiger partial charge in [0.2, 0.25) is 0 Å². The topological polar surface area (TPSA) is 61.4 Å². The van der Waals surface area contributed by atoms with Gasteiger partial charge in [-0.05, 0) is 24.3 Å². The summed E-state index contributed by atoms with van der Waals surface area (Å²) in [6.45, 7) is 0.464. The lowest BCUT2D eigenvalue weighted by molar-refractivity contribution is -0.136. The predicted octanol–water partition coefficient (Wildman–Crippen LogP) is 2.94. The van der Waals surface area contributed by atoms with E-state index in [1.54, 1.807) is 11.8 Å². The highest BCUT2D eigenvalue weighted by Crippen LogP contribution is 2.34. The van der Waals surface area contributed by atoms with Gasteiger partial charge in [-0.1, -0.05) is 12.1 Å². The molecule has 1 aromatic carbocycles. The highest BCUT2D eigenvalue weighted by Gasteiger charge is 2.33. The number of carbonyl (C=O) groups is 1. The van der Waals surface area contributed by atoms with Gasteiger partial charge in [-0.2, -0.15) is 24.9 Å². The molecular weight excluding hydrogens is 305 g/mol. The number of amides is 2. The van der Waals surface area contributed by atoms with Gasteiger partial charge >= 0.3 is 12.2 Å². The van der Waals surface area contributed by atoms with Gasteiger partial charge in [0.25, 0.3) is 0 Å². The molecule has 2 amide bonds. The van der Waals surface area contributed by atoms with Crippen molar-refractivity contribution in [1.82, 2.24) is 5.32 Å². The third-order valence-corrected chi connectivity index (χ3v) is 3.53. The van der Waals surface area contributed by atoms with Gasteiger partial charge in [0.05, 0.1) is 11.3 Å². The maximum Gasteiger partial charge on any atom is 0.418 e. The van der Waals surface area contributed by atoms with Crippen LogP contribution in [-0.2, 0) is 6.18 Å². The Morgan fingerprint density at radius 3 is 2.62 bits per heavy atom. The number of nitrogens with one attached hydrogen (secondary N) is 2. The predicted molar refractivity (Wildman–Crippen MR) is 77.5 cm³/mol. The monoisotopic (exact) mass is 322 g/mol. The fourth-order valence-electron chi connectivity index (χ4n) is 1.51. The van der Waals surface area contributed by atoms with E-state index in [0.717, 1.165) is 11.8 Å². The largest absolute Gasteiger partial charge is 0.418 e. The molecule has 0 spiro atoms.